The zero-order valence-corrected chi connectivity index (χ0v) is 15.2. The third-order valence-electron chi connectivity index (χ3n) is 4.69. The van der Waals surface area contributed by atoms with E-state index in [1.165, 1.54) is 11.1 Å². The van der Waals surface area contributed by atoms with E-state index in [0.717, 1.165) is 6.42 Å². The fourth-order valence-corrected chi connectivity index (χ4v) is 3.22. The van der Waals surface area contributed by atoms with Gasteiger partial charge in [-0.05, 0) is 35.6 Å². The second-order valence-electron chi connectivity index (χ2n) is 6.96. The zero-order chi connectivity index (χ0) is 18.5. The number of nitrogens with one attached hydrogen (secondary N) is 2. The number of anilines is 1. The van der Waals surface area contributed by atoms with Gasteiger partial charge in [-0.25, -0.2) is 4.79 Å². The highest BCUT2D eigenvalue weighted by molar-refractivity contribution is 5.93. The van der Waals surface area contributed by atoms with E-state index in [4.69, 9.17) is 0 Å². The van der Waals surface area contributed by atoms with Gasteiger partial charge in [-0.1, -0.05) is 56.3 Å². The van der Waals surface area contributed by atoms with Crippen LogP contribution in [0, 0.1) is 5.92 Å². The summed E-state index contributed by atoms with van der Waals surface area (Å²) in [4.78, 5) is 27.2. The molecule has 0 radical (unpaired) electrons. The smallest absolute Gasteiger partial charge is 0.319 e. The highest BCUT2D eigenvalue weighted by Crippen LogP contribution is 2.20. The lowest BCUT2D eigenvalue weighted by atomic mass is 9.97. The molecule has 0 aliphatic carbocycles. The van der Waals surface area contributed by atoms with E-state index in [-0.39, 0.29) is 17.9 Å². The molecule has 0 aromatic heterocycles. The summed E-state index contributed by atoms with van der Waals surface area (Å²) in [5.74, 6) is -0.0288. The number of para-hydroxylation sites is 1. The van der Waals surface area contributed by atoms with E-state index in [1.54, 1.807) is 0 Å². The largest absolute Gasteiger partial charge is 0.336 e. The minimum Gasteiger partial charge on any atom is -0.336 e. The first kappa shape index (κ1) is 18.0. The SMILES string of the molecule is CC(C)C(NC(=O)Nc1ccccc1)C(=O)N1CCc2ccccc2C1. The summed E-state index contributed by atoms with van der Waals surface area (Å²) in [5.41, 5.74) is 3.18. The molecule has 26 heavy (non-hydrogen) atoms. The third-order valence-corrected chi connectivity index (χ3v) is 4.69. The van der Waals surface area contributed by atoms with Gasteiger partial charge in [0.1, 0.15) is 6.04 Å². The van der Waals surface area contributed by atoms with Gasteiger partial charge in [0.25, 0.3) is 0 Å². The van der Waals surface area contributed by atoms with Crippen molar-refractivity contribution in [2.24, 2.45) is 5.92 Å². The number of amides is 3. The zero-order valence-electron chi connectivity index (χ0n) is 15.2. The summed E-state index contributed by atoms with van der Waals surface area (Å²) in [6.07, 6.45) is 0.850. The molecular weight excluding hydrogens is 326 g/mol. The monoisotopic (exact) mass is 351 g/mol. The van der Waals surface area contributed by atoms with Gasteiger partial charge in [-0.2, -0.15) is 0 Å². The molecule has 5 nitrogen and oxygen atoms in total. The fourth-order valence-electron chi connectivity index (χ4n) is 3.22. The average molecular weight is 351 g/mol. The second-order valence-corrected chi connectivity index (χ2v) is 6.96. The molecule has 1 atom stereocenters. The maximum absolute atomic E-state index is 13.0. The molecule has 0 bridgehead atoms. The lowest BCUT2D eigenvalue weighted by Gasteiger charge is -2.33. The third kappa shape index (κ3) is 4.23. The van der Waals surface area contributed by atoms with Crippen molar-refractivity contribution in [2.45, 2.75) is 32.9 Å². The molecule has 0 fully saturated rings. The summed E-state index contributed by atoms with van der Waals surface area (Å²) in [7, 11) is 0. The molecule has 3 amide bonds. The summed E-state index contributed by atoms with van der Waals surface area (Å²) in [6, 6.07) is 16.5. The quantitative estimate of drug-likeness (QED) is 0.887. The number of nitrogens with zero attached hydrogens (tertiary/aromatic N) is 1. The van der Waals surface area contributed by atoms with E-state index >= 15 is 0 Å². The van der Waals surface area contributed by atoms with Gasteiger partial charge >= 0.3 is 6.03 Å². The lowest BCUT2D eigenvalue weighted by molar-refractivity contribution is -0.135. The molecule has 1 aliphatic rings. The molecule has 2 aromatic carbocycles. The standard InChI is InChI=1S/C21H25N3O2/c1-15(2)19(23-21(26)22-18-10-4-3-5-11-18)20(25)24-13-12-16-8-6-7-9-17(16)14-24/h3-11,15,19H,12-14H2,1-2H3,(H2,22,23,26). The summed E-state index contributed by atoms with van der Waals surface area (Å²) >= 11 is 0. The van der Waals surface area contributed by atoms with Gasteiger partial charge in [0.15, 0.2) is 0 Å². The van der Waals surface area contributed by atoms with Gasteiger partial charge in [0, 0.05) is 18.8 Å². The number of hydrogen-bond acceptors (Lipinski definition) is 2. The van der Waals surface area contributed by atoms with Gasteiger partial charge in [0.05, 0.1) is 0 Å². The molecule has 136 valence electrons. The first-order valence-electron chi connectivity index (χ1n) is 9.02. The van der Waals surface area contributed by atoms with Crippen LogP contribution in [0.1, 0.15) is 25.0 Å². The number of fused-ring (bicyclic) bond motifs is 1. The Morgan fingerprint density at radius 3 is 2.31 bits per heavy atom. The van der Waals surface area contributed by atoms with Gasteiger partial charge in [0.2, 0.25) is 5.91 Å². The van der Waals surface area contributed by atoms with Crippen LogP contribution < -0.4 is 10.6 Å². The number of carbonyl (C=O) groups excluding carboxylic acids is 2. The molecule has 0 saturated heterocycles. The normalized spacial score (nSPS) is 14.5. The first-order valence-corrected chi connectivity index (χ1v) is 9.02. The Morgan fingerprint density at radius 2 is 1.62 bits per heavy atom. The Labute approximate surface area is 154 Å². The molecule has 1 aliphatic heterocycles. The summed E-state index contributed by atoms with van der Waals surface area (Å²) in [5, 5.41) is 5.62. The van der Waals surface area contributed by atoms with Crippen LogP contribution in [0.3, 0.4) is 0 Å². The Balaban J connectivity index is 1.66. The van der Waals surface area contributed by atoms with Crippen LogP contribution in [0.5, 0.6) is 0 Å². The molecule has 1 unspecified atom stereocenters. The van der Waals surface area contributed by atoms with Crippen LogP contribution in [0.4, 0.5) is 10.5 Å². The van der Waals surface area contributed by atoms with Crippen molar-refractivity contribution < 1.29 is 9.59 Å². The van der Waals surface area contributed by atoms with E-state index in [9.17, 15) is 9.59 Å². The molecule has 1 heterocycles. The Kier molecular flexibility index (Phi) is 5.56. The molecule has 2 aromatic rings. The number of urea groups is 1. The van der Waals surface area contributed by atoms with Crippen molar-refractivity contribution in [1.29, 1.82) is 0 Å². The molecule has 2 N–H and O–H groups in total. The van der Waals surface area contributed by atoms with Crippen molar-refractivity contribution in [3.8, 4) is 0 Å². The summed E-state index contributed by atoms with van der Waals surface area (Å²) < 4.78 is 0. The van der Waals surface area contributed by atoms with Crippen molar-refractivity contribution in [1.82, 2.24) is 10.2 Å². The van der Waals surface area contributed by atoms with Crippen molar-refractivity contribution in [2.75, 3.05) is 11.9 Å². The highest BCUT2D eigenvalue weighted by atomic mass is 16.2. The van der Waals surface area contributed by atoms with Crippen LogP contribution >= 0.6 is 0 Å². The van der Waals surface area contributed by atoms with E-state index < -0.39 is 6.04 Å². The van der Waals surface area contributed by atoms with Crippen molar-refractivity contribution >= 4 is 17.6 Å². The van der Waals surface area contributed by atoms with E-state index in [0.29, 0.717) is 18.8 Å². The number of rotatable bonds is 4. The maximum Gasteiger partial charge on any atom is 0.319 e. The minimum absolute atomic E-state index is 0.00111. The minimum atomic E-state index is -0.552. The van der Waals surface area contributed by atoms with Crippen LogP contribution in [-0.4, -0.2) is 29.4 Å². The average Bonchev–Trinajstić information content (AvgIpc) is 2.65. The van der Waals surface area contributed by atoms with Gasteiger partial charge in [-0.15, -0.1) is 0 Å². The predicted octanol–water partition coefficient (Wildman–Crippen LogP) is 3.42. The molecule has 5 heteroatoms. The van der Waals surface area contributed by atoms with Crippen LogP contribution in [-0.2, 0) is 17.8 Å². The van der Waals surface area contributed by atoms with Crippen LogP contribution in [0.2, 0.25) is 0 Å². The van der Waals surface area contributed by atoms with E-state index in [1.807, 2.05) is 61.2 Å². The Hall–Kier alpha value is -2.82. The number of hydrogen-bond donors (Lipinski definition) is 2. The Bertz CT molecular complexity index is 774. The second kappa shape index (κ2) is 8.04. The highest BCUT2D eigenvalue weighted by Gasteiger charge is 2.30. The molecule has 3 rings (SSSR count). The van der Waals surface area contributed by atoms with Crippen LogP contribution in [0.15, 0.2) is 54.6 Å². The van der Waals surface area contributed by atoms with Gasteiger partial charge in [-0.3, -0.25) is 4.79 Å². The summed E-state index contributed by atoms with van der Waals surface area (Å²) in [6.45, 7) is 5.17. The Morgan fingerprint density at radius 1 is 0.962 bits per heavy atom. The lowest BCUT2D eigenvalue weighted by Crippen LogP contribution is -2.53. The van der Waals surface area contributed by atoms with E-state index in [2.05, 4.69) is 22.8 Å². The maximum atomic E-state index is 13.0. The molecule has 0 spiro atoms. The van der Waals surface area contributed by atoms with Crippen molar-refractivity contribution in [3.63, 3.8) is 0 Å². The first-order chi connectivity index (χ1) is 12.5. The predicted molar refractivity (Wildman–Crippen MR) is 103 cm³/mol. The van der Waals surface area contributed by atoms with Crippen molar-refractivity contribution in [3.05, 3.63) is 65.7 Å². The molecular formula is C21H25N3O2. The molecule has 0 saturated carbocycles. The van der Waals surface area contributed by atoms with Gasteiger partial charge < -0.3 is 15.5 Å². The fraction of sp³-hybridized carbons (Fsp3) is 0.333. The topological polar surface area (TPSA) is 61.4 Å². The number of carbonyl (C=O) groups is 2. The van der Waals surface area contributed by atoms with Crippen LogP contribution in [0.25, 0.3) is 0 Å². The number of benzene rings is 2.